The highest BCUT2D eigenvalue weighted by Gasteiger charge is 2.24. The third-order valence-electron chi connectivity index (χ3n) is 4.72. The molecule has 144 valence electrons. The fourth-order valence-corrected chi connectivity index (χ4v) is 3.67. The molecule has 1 aliphatic heterocycles. The van der Waals surface area contributed by atoms with Gasteiger partial charge < -0.3 is 10.1 Å². The summed E-state index contributed by atoms with van der Waals surface area (Å²) in [6.07, 6.45) is 1.94. The molecule has 4 rings (SSSR count). The Hall–Kier alpha value is -2.28. The Morgan fingerprint density at radius 3 is 2.71 bits per heavy atom. The van der Waals surface area contributed by atoms with Crippen molar-refractivity contribution in [3.63, 3.8) is 0 Å². The SMILES string of the molecule is CSc1ccc(CNC(=O)c2cc3n(n2)C[C@H](c2ccc(Cl)cc2)OC3)cc1. The minimum atomic E-state index is -0.182. The highest BCUT2D eigenvalue weighted by atomic mass is 35.5. The van der Waals surface area contributed by atoms with Crippen LogP contribution in [0.4, 0.5) is 0 Å². The minimum Gasteiger partial charge on any atom is -0.365 e. The quantitative estimate of drug-likeness (QED) is 0.627. The molecular weight excluding hydrogens is 394 g/mol. The number of carbonyl (C=O) groups is 1. The van der Waals surface area contributed by atoms with Gasteiger partial charge in [-0.1, -0.05) is 35.9 Å². The van der Waals surface area contributed by atoms with Crippen LogP contribution in [0.3, 0.4) is 0 Å². The van der Waals surface area contributed by atoms with Crippen LogP contribution in [0, 0.1) is 0 Å². The Bertz CT molecular complexity index is 970. The lowest BCUT2D eigenvalue weighted by atomic mass is 10.1. The second-order valence-corrected chi connectivity index (χ2v) is 7.90. The van der Waals surface area contributed by atoms with Crippen LogP contribution in [0.25, 0.3) is 0 Å². The molecule has 3 aromatic rings. The summed E-state index contributed by atoms with van der Waals surface area (Å²) in [5.41, 5.74) is 3.42. The number of carbonyl (C=O) groups excluding carboxylic acids is 1. The van der Waals surface area contributed by atoms with Crippen molar-refractivity contribution in [1.82, 2.24) is 15.1 Å². The van der Waals surface area contributed by atoms with E-state index in [-0.39, 0.29) is 12.0 Å². The molecule has 2 aromatic carbocycles. The molecule has 0 spiro atoms. The molecule has 1 aromatic heterocycles. The number of thioether (sulfide) groups is 1. The molecular formula is C21H20ClN3O2S. The standard InChI is InChI=1S/C21H20ClN3O2S/c1-28-18-8-2-14(3-9-18)11-23-21(26)19-10-17-13-27-20(12-25(17)24-19)15-4-6-16(22)7-5-15/h2-10,20H,11-13H2,1H3,(H,23,26)/t20-/m1/s1. The Morgan fingerprint density at radius 2 is 2.00 bits per heavy atom. The smallest absolute Gasteiger partial charge is 0.272 e. The van der Waals surface area contributed by atoms with Gasteiger partial charge in [0.05, 0.1) is 18.8 Å². The van der Waals surface area contributed by atoms with Gasteiger partial charge in [-0.2, -0.15) is 5.10 Å². The van der Waals surface area contributed by atoms with E-state index in [4.69, 9.17) is 16.3 Å². The predicted molar refractivity (Wildman–Crippen MR) is 111 cm³/mol. The molecule has 0 radical (unpaired) electrons. The van der Waals surface area contributed by atoms with Crippen molar-refractivity contribution >= 4 is 29.3 Å². The van der Waals surface area contributed by atoms with Crippen molar-refractivity contribution in [2.24, 2.45) is 0 Å². The third-order valence-corrected chi connectivity index (χ3v) is 5.72. The molecule has 0 unspecified atom stereocenters. The molecule has 28 heavy (non-hydrogen) atoms. The first-order chi connectivity index (χ1) is 13.6. The van der Waals surface area contributed by atoms with Crippen LogP contribution in [0.2, 0.25) is 5.02 Å². The lowest BCUT2D eigenvalue weighted by Crippen LogP contribution is -2.24. The Balaban J connectivity index is 1.40. The average molecular weight is 414 g/mol. The molecule has 0 saturated carbocycles. The van der Waals surface area contributed by atoms with E-state index < -0.39 is 0 Å². The van der Waals surface area contributed by atoms with Crippen molar-refractivity contribution < 1.29 is 9.53 Å². The Morgan fingerprint density at radius 1 is 1.25 bits per heavy atom. The molecule has 0 aliphatic carbocycles. The van der Waals surface area contributed by atoms with E-state index in [0.717, 1.165) is 16.8 Å². The van der Waals surface area contributed by atoms with Crippen LogP contribution in [-0.4, -0.2) is 21.9 Å². The topological polar surface area (TPSA) is 56.2 Å². The summed E-state index contributed by atoms with van der Waals surface area (Å²) >= 11 is 7.65. The van der Waals surface area contributed by atoms with E-state index in [1.165, 1.54) is 4.90 Å². The van der Waals surface area contributed by atoms with E-state index >= 15 is 0 Å². The predicted octanol–water partition coefficient (Wildman–Crippen LogP) is 4.46. The molecule has 0 saturated heterocycles. The number of nitrogens with one attached hydrogen (secondary N) is 1. The van der Waals surface area contributed by atoms with Gasteiger partial charge >= 0.3 is 0 Å². The van der Waals surface area contributed by atoms with Gasteiger partial charge in [0.15, 0.2) is 5.69 Å². The van der Waals surface area contributed by atoms with Crippen LogP contribution in [0.1, 0.15) is 33.4 Å². The molecule has 1 aliphatic rings. The van der Waals surface area contributed by atoms with Crippen LogP contribution in [-0.2, 0) is 24.4 Å². The number of benzene rings is 2. The van der Waals surface area contributed by atoms with Crippen LogP contribution in [0.15, 0.2) is 59.5 Å². The van der Waals surface area contributed by atoms with Crippen LogP contribution in [0.5, 0.6) is 0 Å². The molecule has 1 atom stereocenters. The first kappa shape index (κ1) is 19.1. The number of nitrogens with zero attached hydrogens (tertiary/aromatic N) is 2. The zero-order valence-corrected chi connectivity index (χ0v) is 17.0. The van der Waals surface area contributed by atoms with Crippen molar-refractivity contribution in [3.05, 3.63) is 82.1 Å². The Labute approximate surface area is 173 Å². The summed E-state index contributed by atoms with van der Waals surface area (Å²) in [6.45, 7) is 1.46. The summed E-state index contributed by atoms with van der Waals surface area (Å²) in [5, 5.41) is 8.11. The number of aromatic nitrogens is 2. The highest BCUT2D eigenvalue weighted by molar-refractivity contribution is 7.98. The average Bonchev–Trinajstić information content (AvgIpc) is 3.16. The summed E-state index contributed by atoms with van der Waals surface area (Å²) in [5.74, 6) is -0.182. The second-order valence-electron chi connectivity index (χ2n) is 6.58. The number of amides is 1. The van der Waals surface area contributed by atoms with E-state index in [2.05, 4.69) is 22.5 Å². The minimum absolute atomic E-state index is 0.101. The maximum atomic E-state index is 12.5. The molecule has 0 bridgehead atoms. The maximum absolute atomic E-state index is 12.5. The third kappa shape index (κ3) is 4.24. The van der Waals surface area contributed by atoms with E-state index in [0.29, 0.717) is 30.4 Å². The molecule has 0 fully saturated rings. The number of hydrogen-bond acceptors (Lipinski definition) is 4. The summed E-state index contributed by atoms with van der Waals surface area (Å²) < 4.78 is 7.79. The van der Waals surface area contributed by atoms with Gasteiger partial charge in [0.1, 0.15) is 6.10 Å². The first-order valence-corrected chi connectivity index (χ1v) is 10.6. The van der Waals surface area contributed by atoms with Crippen molar-refractivity contribution in [3.8, 4) is 0 Å². The summed E-state index contributed by atoms with van der Waals surface area (Å²) in [7, 11) is 0. The summed E-state index contributed by atoms with van der Waals surface area (Å²) in [4.78, 5) is 13.7. The Kier molecular flexibility index (Phi) is 5.71. The number of rotatable bonds is 5. The van der Waals surface area contributed by atoms with Crippen molar-refractivity contribution in [1.29, 1.82) is 0 Å². The van der Waals surface area contributed by atoms with Gasteiger partial charge in [-0.05, 0) is 47.7 Å². The van der Waals surface area contributed by atoms with Gasteiger partial charge in [-0.3, -0.25) is 9.48 Å². The molecule has 5 nitrogen and oxygen atoms in total. The van der Waals surface area contributed by atoms with Gasteiger partial charge in [-0.25, -0.2) is 0 Å². The second kappa shape index (κ2) is 8.39. The van der Waals surface area contributed by atoms with Gasteiger partial charge in [0, 0.05) is 16.5 Å². The van der Waals surface area contributed by atoms with E-state index in [1.54, 1.807) is 17.8 Å². The molecule has 2 heterocycles. The van der Waals surface area contributed by atoms with Gasteiger partial charge in [-0.15, -0.1) is 11.8 Å². The van der Waals surface area contributed by atoms with Crippen molar-refractivity contribution in [2.45, 2.75) is 30.7 Å². The first-order valence-electron chi connectivity index (χ1n) is 8.97. The molecule has 1 amide bonds. The monoisotopic (exact) mass is 413 g/mol. The van der Waals surface area contributed by atoms with Crippen LogP contribution >= 0.6 is 23.4 Å². The number of halogens is 1. The van der Waals surface area contributed by atoms with Gasteiger partial charge in [0.2, 0.25) is 0 Å². The largest absolute Gasteiger partial charge is 0.365 e. The molecule has 1 N–H and O–H groups in total. The lowest BCUT2D eigenvalue weighted by Gasteiger charge is -2.24. The van der Waals surface area contributed by atoms with E-state index in [9.17, 15) is 4.79 Å². The zero-order chi connectivity index (χ0) is 19.5. The normalized spacial score (nSPS) is 15.9. The van der Waals surface area contributed by atoms with Gasteiger partial charge in [0.25, 0.3) is 5.91 Å². The fourth-order valence-electron chi connectivity index (χ4n) is 3.13. The van der Waals surface area contributed by atoms with E-state index in [1.807, 2.05) is 47.3 Å². The lowest BCUT2D eigenvalue weighted by molar-refractivity contribution is -0.00119. The number of hydrogen-bond donors (Lipinski definition) is 1. The number of fused-ring (bicyclic) bond motifs is 1. The fraction of sp³-hybridized carbons (Fsp3) is 0.238. The highest BCUT2D eigenvalue weighted by Crippen LogP contribution is 2.27. The molecule has 7 heteroatoms. The van der Waals surface area contributed by atoms with Crippen LogP contribution < -0.4 is 5.32 Å². The number of ether oxygens (including phenoxy) is 1. The maximum Gasteiger partial charge on any atom is 0.272 e. The summed E-state index contributed by atoms with van der Waals surface area (Å²) in [6, 6.07) is 17.6. The van der Waals surface area contributed by atoms with Crippen molar-refractivity contribution in [2.75, 3.05) is 6.26 Å². The zero-order valence-electron chi connectivity index (χ0n) is 15.4.